The topological polar surface area (TPSA) is 95.5 Å². The van der Waals surface area contributed by atoms with Crippen LogP contribution in [0.5, 0.6) is 0 Å². The van der Waals surface area contributed by atoms with Gasteiger partial charge in [-0.05, 0) is 24.6 Å². The molecule has 0 spiro atoms. The Labute approximate surface area is 107 Å². The molecule has 3 N–H and O–H groups in total. The third-order valence-corrected chi connectivity index (χ3v) is 2.04. The Hall–Kier alpha value is -2.70. The zero-order chi connectivity index (χ0) is 14.4. The number of hydrogen-bond acceptors (Lipinski definition) is 3. The summed E-state index contributed by atoms with van der Waals surface area (Å²) >= 11 is 0. The van der Waals surface area contributed by atoms with E-state index in [2.05, 4.69) is 5.32 Å². The summed E-state index contributed by atoms with van der Waals surface area (Å²) < 4.78 is 13.2. The summed E-state index contributed by atoms with van der Waals surface area (Å²) in [6.45, 7) is 1.57. The van der Waals surface area contributed by atoms with Crippen LogP contribution in [0, 0.1) is 12.7 Å². The molecule has 0 heterocycles. The Bertz CT molecular complexity index is 555. The SMILES string of the molecule is Cc1ccc(NC(=O)NC(=O)/C=C/C(=O)O)cc1F. The van der Waals surface area contributed by atoms with Gasteiger partial charge in [0.2, 0.25) is 0 Å². The van der Waals surface area contributed by atoms with Crippen LogP contribution in [0.4, 0.5) is 14.9 Å². The molecule has 0 aromatic heterocycles. The highest BCUT2D eigenvalue weighted by molar-refractivity contribution is 6.06. The molecule has 0 aliphatic heterocycles. The van der Waals surface area contributed by atoms with Gasteiger partial charge in [0, 0.05) is 17.8 Å². The summed E-state index contributed by atoms with van der Waals surface area (Å²) in [5.74, 6) is -2.70. The molecular formula is C12H11FN2O4. The molecule has 6 nitrogen and oxygen atoms in total. The molecule has 1 aromatic carbocycles. The zero-order valence-electron chi connectivity index (χ0n) is 9.94. The Morgan fingerprint density at radius 2 is 1.95 bits per heavy atom. The van der Waals surface area contributed by atoms with Gasteiger partial charge in [0.1, 0.15) is 5.82 Å². The number of amides is 3. The van der Waals surface area contributed by atoms with Crippen molar-refractivity contribution in [2.24, 2.45) is 0 Å². The van der Waals surface area contributed by atoms with E-state index < -0.39 is 23.7 Å². The van der Waals surface area contributed by atoms with Gasteiger partial charge in [-0.1, -0.05) is 6.07 Å². The number of aliphatic carboxylic acids is 1. The van der Waals surface area contributed by atoms with Crippen LogP contribution in [-0.2, 0) is 9.59 Å². The maximum absolute atomic E-state index is 13.2. The molecule has 0 saturated heterocycles. The van der Waals surface area contributed by atoms with Crippen molar-refractivity contribution >= 4 is 23.6 Å². The summed E-state index contributed by atoms with van der Waals surface area (Å²) in [7, 11) is 0. The van der Waals surface area contributed by atoms with E-state index in [1.54, 1.807) is 6.92 Å². The van der Waals surface area contributed by atoms with Crippen LogP contribution in [0.25, 0.3) is 0 Å². The zero-order valence-corrected chi connectivity index (χ0v) is 9.94. The minimum atomic E-state index is -1.31. The molecule has 0 unspecified atom stereocenters. The van der Waals surface area contributed by atoms with Crippen molar-refractivity contribution in [3.63, 3.8) is 0 Å². The summed E-state index contributed by atoms with van der Waals surface area (Å²) in [4.78, 5) is 32.5. The van der Waals surface area contributed by atoms with E-state index in [9.17, 15) is 18.8 Å². The highest BCUT2D eigenvalue weighted by atomic mass is 19.1. The molecule has 1 rings (SSSR count). The van der Waals surface area contributed by atoms with Crippen LogP contribution in [0.2, 0.25) is 0 Å². The molecule has 0 aliphatic rings. The Balaban J connectivity index is 2.58. The van der Waals surface area contributed by atoms with Gasteiger partial charge in [0.25, 0.3) is 5.91 Å². The second kappa shape index (κ2) is 6.29. The normalized spacial score (nSPS) is 10.2. The molecule has 1 aromatic rings. The van der Waals surface area contributed by atoms with Gasteiger partial charge in [0.05, 0.1) is 0 Å². The largest absolute Gasteiger partial charge is 0.478 e. The van der Waals surface area contributed by atoms with Crippen molar-refractivity contribution in [1.29, 1.82) is 0 Å². The predicted molar refractivity (Wildman–Crippen MR) is 65.1 cm³/mol. The number of carboxylic acid groups (broad SMARTS) is 1. The Morgan fingerprint density at radius 1 is 1.26 bits per heavy atom. The second-order valence-corrected chi connectivity index (χ2v) is 3.58. The molecule has 7 heteroatoms. The van der Waals surface area contributed by atoms with Crippen molar-refractivity contribution in [3.05, 3.63) is 41.7 Å². The van der Waals surface area contributed by atoms with Crippen LogP contribution in [0.1, 0.15) is 5.56 Å². The summed E-state index contributed by atoms with van der Waals surface area (Å²) in [6.07, 6.45) is 1.28. The number of carbonyl (C=O) groups is 3. The fourth-order valence-corrected chi connectivity index (χ4v) is 1.13. The maximum atomic E-state index is 13.2. The molecule has 0 saturated carbocycles. The van der Waals surface area contributed by atoms with Gasteiger partial charge < -0.3 is 10.4 Å². The molecule has 19 heavy (non-hydrogen) atoms. The first-order valence-corrected chi connectivity index (χ1v) is 5.17. The van der Waals surface area contributed by atoms with Crippen molar-refractivity contribution in [2.75, 3.05) is 5.32 Å². The lowest BCUT2D eigenvalue weighted by Gasteiger charge is -2.06. The minimum absolute atomic E-state index is 0.176. The first-order valence-electron chi connectivity index (χ1n) is 5.17. The number of carbonyl (C=O) groups excluding carboxylic acids is 2. The molecular weight excluding hydrogens is 255 g/mol. The lowest BCUT2D eigenvalue weighted by Crippen LogP contribution is -2.33. The van der Waals surface area contributed by atoms with E-state index in [-0.39, 0.29) is 5.69 Å². The number of rotatable bonds is 3. The van der Waals surface area contributed by atoms with Gasteiger partial charge in [0.15, 0.2) is 0 Å². The number of halogens is 1. The predicted octanol–water partition coefficient (Wildman–Crippen LogP) is 1.42. The van der Waals surface area contributed by atoms with E-state index in [1.807, 2.05) is 5.32 Å². The number of imide groups is 1. The average molecular weight is 266 g/mol. The van der Waals surface area contributed by atoms with Gasteiger partial charge in [-0.25, -0.2) is 14.0 Å². The number of hydrogen-bond donors (Lipinski definition) is 3. The van der Waals surface area contributed by atoms with Crippen molar-refractivity contribution in [3.8, 4) is 0 Å². The highest BCUT2D eigenvalue weighted by Crippen LogP contribution is 2.13. The molecule has 0 aliphatic carbocycles. The van der Waals surface area contributed by atoms with Crippen molar-refractivity contribution in [2.45, 2.75) is 6.92 Å². The van der Waals surface area contributed by atoms with Gasteiger partial charge in [-0.3, -0.25) is 10.1 Å². The van der Waals surface area contributed by atoms with E-state index in [0.717, 1.165) is 6.07 Å². The summed E-state index contributed by atoms with van der Waals surface area (Å²) in [5.41, 5.74) is 0.599. The molecule has 0 radical (unpaired) electrons. The van der Waals surface area contributed by atoms with Gasteiger partial charge >= 0.3 is 12.0 Å². The van der Waals surface area contributed by atoms with Crippen molar-refractivity contribution in [1.82, 2.24) is 5.32 Å². The summed E-state index contributed by atoms with van der Waals surface area (Å²) in [6, 6.07) is 3.15. The third-order valence-electron chi connectivity index (χ3n) is 2.04. The first-order chi connectivity index (χ1) is 8.88. The van der Waals surface area contributed by atoms with Crippen LogP contribution < -0.4 is 10.6 Å². The second-order valence-electron chi connectivity index (χ2n) is 3.58. The fraction of sp³-hybridized carbons (Fsp3) is 0.0833. The smallest absolute Gasteiger partial charge is 0.328 e. The number of benzene rings is 1. The Morgan fingerprint density at radius 3 is 2.53 bits per heavy atom. The lowest BCUT2D eigenvalue weighted by atomic mass is 10.2. The van der Waals surface area contributed by atoms with E-state index in [0.29, 0.717) is 17.7 Å². The first kappa shape index (κ1) is 14.4. The van der Waals surface area contributed by atoms with Gasteiger partial charge in [-0.2, -0.15) is 0 Å². The standard InChI is InChI=1S/C12H11FN2O4/c1-7-2-3-8(6-9(7)13)14-12(19)15-10(16)4-5-11(17)18/h2-6H,1H3,(H,17,18)(H2,14,15,16,19)/b5-4+. The maximum Gasteiger partial charge on any atom is 0.328 e. The van der Waals surface area contributed by atoms with E-state index in [1.165, 1.54) is 12.1 Å². The van der Waals surface area contributed by atoms with E-state index >= 15 is 0 Å². The highest BCUT2D eigenvalue weighted by Gasteiger charge is 2.07. The fourth-order valence-electron chi connectivity index (χ4n) is 1.13. The number of carboxylic acids is 1. The number of urea groups is 1. The molecule has 0 atom stereocenters. The Kier molecular flexibility index (Phi) is 4.76. The third kappa shape index (κ3) is 4.99. The molecule has 0 fully saturated rings. The van der Waals surface area contributed by atoms with E-state index in [4.69, 9.17) is 5.11 Å². The summed E-state index contributed by atoms with van der Waals surface area (Å²) in [5, 5.41) is 12.4. The van der Waals surface area contributed by atoms with Crippen molar-refractivity contribution < 1.29 is 23.9 Å². The monoisotopic (exact) mass is 266 g/mol. The molecule has 100 valence electrons. The lowest BCUT2D eigenvalue weighted by molar-refractivity contribution is -0.131. The number of nitrogens with one attached hydrogen (secondary N) is 2. The molecule has 0 bridgehead atoms. The number of anilines is 1. The molecule has 3 amide bonds. The number of aryl methyl sites for hydroxylation is 1. The minimum Gasteiger partial charge on any atom is -0.478 e. The van der Waals surface area contributed by atoms with Crippen LogP contribution in [0.3, 0.4) is 0 Å². The van der Waals surface area contributed by atoms with Crippen LogP contribution in [0.15, 0.2) is 30.4 Å². The van der Waals surface area contributed by atoms with Crippen LogP contribution >= 0.6 is 0 Å². The average Bonchev–Trinajstić information content (AvgIpc) is 2.31. The van der Waals surface area contributed by atoms with Crippen LogP contribution in [-0.4, -0.2) is 23.0 Å². The van der Waals surface area contributed by atoms with Gasteiger partial charge in [-0.15, -0.1) is 0 Å². The quantitative estimate of drug-likeness (QED) is 0.721.